The smallest absolute Gasteiger partial charge is 0.268 e. The van der Waals surface area contributed by atoms with E-state index in [0.717, 1.165) is 5.56 Å². The molecule has 22 heavy (non-hydrogen) atoms. The largest absolute Gasteiger partial charge is 0.316 e. The lowest BCUT2D eigenvalue weighted by Crippen LogP contribution is -2.12. The van der Waals surface area contributed by atoms with Gasteiger partial charge in [0.25, 0.3) is 10.0 Å². The highest BCUT2D eigenvalue weighted by Crippen LogP contribution is 2.26. The Morgan fingerprint density at radius 1 is 1.14 bits per heavy atom. The molecule has 0 saturated heterocycles. The summed E-state index contributed by atoms with van der Waals surface area (Å²) >= 11 is 0. The van der Waals surface area contributed by atoms with Crippen LogP contribution in [0.4, 0.5) is 4.39 Å². The molecule has 2 aromatic carbocycles. The summed E-state index contributed by atoms with van der Waals surface area (Å²) in [6.45, 7) is 0.456. The number of halogens is 1. The summed E-state index contributed by atoms with van der Waals surface area (Å²) in [7, 11) is -1.95. The Morgan fingerprint density at radius 3 is 2.55 bits per heavy atom. The summed E-state index contributed by atoms with van der Waals surface area (Å²) in [6.07, 6.45) is 1.54. The number of aromatic nitrogens is 1. The zero-order valence-electron chi connectivity index (χ0n) is 12.0. The van der Waals surface area contributed by atoms with Gasteiger partial charge in [0.15, 0.2) is 0 Å². The SMILES string of the molecule is CNCc1cn(S(=O)(=O)c2ccccc2)c2ccc(F)cc12. The van der Waals surface area contributed by atoms with Crippen molar-refractivity contribution in [3.05, 3.63) is 66.1 Å². The molecular formula is C16H15FN2O2S. The number of nitrogens with one attached hydrogen (secondary N) is 1. The molecule has 4 nitrogen and oxygen atoms in total. The second-order valence-electron chi connectivity index (χ2n) is 4.96. The van der Waals surface area contributed by atoms with Gasteiger partial charge in [0.2, 0.25) is 0 Å². The van der Waals surface area contributed by atoms with Crippen LogP contribution in [0.25, 0.3) is 10.9 Å². The number of hydrogen-bond acceptors (Lipinski definition) is 3. The first kappa shape index (κ1) is 14.7. The van der Waals surface area contributed by atoms with Crippen LogP contribution in [0.5, 0.6) is 0 Å². The molecule has 0 unspecified atom stereocenters. The lowest BCUT2D eigenvalue weighted by Gasteiger charge is -2.07. The maximum absolute atomic E-state index is 13.5. The lowest BCUT2D eigenvalue weighted by molar-refractivity contribution is 0.588. The van der Waals surface area contributed by atoms with Gasteiger partial charge in [-0.25, -0.2) is 16.8 Å². The molecule has 0 atom stereocenters. The third-order valence-electron chi connectivity index (χ3n) is 3.48. The molecule has 114 valence electrons. The molecule has 0 amide bonds. The topological polar surface area (TPSA) is 51.1 Å². The van der Waals surface area contributed by atoms with Crippen molar-refractivity contribution in [3.8, 4) is 0 Å². The summed E-state index contributed by atoms with van der Waals surface area (Å²) in [5.41, 5.74) is 1.20. The van der Waals surface area contributed by atoms with Crippen LogP contribution in [0.15, 0.2) is 59.6 Å². The van der Waals surface area contributed by atoms with E-state index in [9.17, 15) is 12.8 Å². The van der Waals surface area contributed by atoms with Gasteiger partial charge >= 0.3 is 0 Å². The summed E-state index contributed by atoms with van der Waals surface area (Å²) in [5, 5.41) is 3.56. The van der Waals surface area contributed by atoms with Gasteiger partial charge < -0.3 is 5.32 Å². The fourth-order valence-electron chi connectivity index (χ4n) is 2.47. The predicted octanol–water partition coefficient (Wildman–Crippen LogP) is 2.74. The number of benzene rings is 2. The van der Waals surface area contributed by atoms with Gasteiger partial charge in [-0.1, -0.05) is 18.2 Å². The van der Waals surface area contributed by atoms with Crippen molar-refractivity contribution in [2.24, 2.45) is 0 Å². The molecule has 0 aliphatic heterocycles. The average Bonchev–Trinajstić information content (AvgIpc) is 2.87. The summed E-state index contributed by atoms with van der Waals surface area (Å²) in [5.74, 6) is -0.389. The van der Waals surface area contributed by atoms with Crippen molar-refractivity contribution in [1.82, 2.24) is 9.29 Å². The van der Waals surface area contributed by atoms with Crippen LogP contribution in [0, 0.1) is 5.82 Å². The van der Waals surface area contributed by atoms with E-state index < -0.39 is 10.0 Å². The van der Waals surface area contributed by atoms with Gasteiger partial charge in [0, 0.05) is 18.1 Å². The van der Waals surface area contributed by atoms with Gasteiger partial charge in [-0.15, -0.1) is 0 Å². The van der Waals surface area contributed by atoms with E-state index >= 15 is 0 Å². The quantitative estimate of drug-likeness (QED) is 0.805. The molecule has 1 heterocycles. The first-order valence-corrected chi connectivity index (χ1v) is 8.23. The Hall–Kier alpha value is -2.18. The van der Waals surface area contributed by atoms with E-state index in [0.29, 0.717) is 17.4 Å². The van der Waals surface area contributed by atoms with Crippen molar-refractivity contribution < 1.29 is 12.8 Å². The lowest BCUT2D eigenvalue weighted by atomic mass is 10.2. The monoisotopic (exact) mass is 318 g/mol. The fraction of sp³-hybridized carbons (Fsp3) is 0.125. The van der Waals surface area contributed by atoms with Gasteiger partial charge in [-0.2, -0.15) is 0 Å². The molecule has 0 aliphatic carbocycles. The highest BCUT2D eigenvalue weighted by molar-refractivity contribution is 7.90. The van der Waals surface area contributed by atoms with E-state index in [-0.39, 0.29) is 10.7 Å². The molecule has 1 N–H and O–H groups in total. The zero-order valence-corrected chi connectivity index (χ0v) is 12.8. The average molecular weight is 318 g/mol. The van der Waals surface area contributed by atoms with Crippen LogP contribution in [-0.4, -0.2) is 19.4 Å². The van der Waals surface area contributed by atoms with Crippen LogP contribution < -0.4 is 5.32 Å². The number of fused-ring (bicyclic) bond motifs is 1. The number of nitrogens with zero attached hydrogens (tertiary/aromatic N) is 1. The predicted molar refractivity (Wildman–Crippen MR) is 83.7 cm³/mol. The molecule has 3 aromatic rings. The molecule has 0 spiro atoms. The minimum Gasteiger partial charge on any atom is -0.316 e. The normalized spacial score (nSPS) is 11.9. The first-order chi connectivity index (χ1) is 10.5. The standard InChI is InChI=1S/C16H15FN2O2S/c1-18-10-12-11-19(16-8-7-13(17)9-15(12)16)22(20,21)14-5-3-2-4-6-14/h2-9,11,18H,10H2,1H3. The van der Waals surface area contributed by atoms with E-state index in [1.807, 2.05) is 0 Å². The van der Waals surface area contributed by atoms with E-state index in [1.54, 1.807) is 43.6 Å². The third kappa shape index (κ3) is 2.40. The number of hydrogen-bond donors (Lipinski definition) is 1. The molecule has 0 radical (unpaired) electrons. The van der Waals surface area contributed by atoms with Crippen molar-refractivity contribution in [2.75, 3.05) is 7.05 Å². The van der Waals surface area contributed by atoms with Gasteiger partial charge in [0.1, 0.15) is 5.82 Å². The Kier molecular flexibility index (Phi) is 3.72. The van der Waals surface area contributed by atoms with Crippen LogP contribution in [-0.2, 0) is 16.6 Å². The van der Waals surface area contributed by atoms with Gasteiger partial charge in [0.05, 0.1) is 10.4 Å². The van der Waals surface area contributed by atoms with E-state index in [2.05, 4.69) is 5.32 Å². The zero-order chi connectivity index (χ0) is 15.7. The van der Waals surface area contributed by atoms with Crippen LogP contribution in [0.1, 0.15) is 5.56 Å². The Balaban J connectivity index is 2.28. The summed E-state index contributed by atoms with van der Waals surface area (Å²) in [6, 6.07) is 12.3. The fourth-order valence-corrected chi connectivity index (χ4v) is 3.89. The van der Waals surface area contributed by atoms with Gasteiger partial charge in [-0.3, -0.25) is 0 Å². The maximum atomic E-state index is 13.5. The molecule has 1 aromatic heterocycles. The first-order valence-electron chi connectivity index (χ1n) is 6.79. The number of rotatable bonds is 4. The Morgan fingerprint density at radius 2 is 1.86 bits per heavy atom. The van der Waals surface area contributed by atoms with Crippen LogP contribution in [0.2, 0.25) is 0 Å². The minimum absolute atomic E-state index is 0.201. The molecule has 6 heteroatoms. The maximum Gasteiger partial charge on any atom is 0.268 e. The molecule has 0 bridgehead atoms. The summed E-state index contributed by atoms with van der Waals surface area (Å²) in [4.78, 5) is 0.201. The van der Waals surface area contributed by atoms with Crippen molar-refractivity contribution in [3.63, 3.8) is 0 Å². The highest BCUT2D eigenvalue weighted by atomic mass is 32.2. The van der Waals surface area contributed by atoms with Gasteiger partial charge in [-0.05, 0) is 42.9 Å². The van der Waals surface area contributed by atoms with Crippen LogP contribution >= 0.6 is 0 Å². The molecule has 3 rings (SSSR count). The van der Waals surface area contributed by atoms with Crippen molar-refractivity contribution in [2.45, 2.75) is 11.4 Å². The molecule has 0 fully saturated rings. The van der Waals surface area contributed by atoms with E-state index in [4.69, 9.17) is 0 Å². The van der Waals surface area contributed by atoms with Crippen LogP contribution in [0.3, 0.4) is 0 Å². The summed E-state index contributed by atoms with van der Waals surface area (Å²) < 4.78 is 40.3. The van der Waals surface area contributed by atoms with E-state index in [1.165, 1.54) is 22.2 Å². The Bertz CT molecular complexity index is 918. The van der Waals surface area contributed by atoms with Crippen molar-refractivity contribution in [1.29, 1.82) is 0 Å². The molecule has 0 aliphatic rings. The van der Waals surface area contributed by atoms with Crippen molar-refractivity contribution >= 4 is 20.9 Å². The second kappa shape index (κ2) is 5.55. The minimum atomic E-state index is -3.71. The third-order valence-corrected chi connectivity index (χ3v) is 5.17. The Labute approximate surface area is 128 Å². The second-order valence-corrected chi connectivity index (χ2v) is 6.77. The molecular weight excluding hydrogens is 303 g/mol. The molecule has 0 saturated carbocycles. The highest BCUT2D eigenvalue weighted by Gasteiger charge is 2.21.